The second kappa shape index (κ2) is 8.95. The molecule has 0 unspecified atom stereocenters. The second-order valence-corrected chi connectivity index (χ2v) is 2.57. The molecule has 0 fully saturated rings. The van der Waals surface area contributed by atoms with Crippen molar-refractivity contribution in [1.82, 2.24) is 10.2 Å². The van der Waals surface area contributed by atoms with Gasteiger partial charge in [0.1, 0.15) is 0 Å². The van der Waals surface area contributed by atoms with Gasteiger partial charge in [-0.05, 0) is 0 Å². The molecule has 0 aliphatic heterocycles. The Bertz CT molecular complexity index is 174. The molecule has 0 saturated carbocycles. The predicted octanol–water partition coefficient (Wildman–Crippen LogP) is -1.12. The SMILES string of the molecule is N#CCN(CC#N)CCNCCN. The van der Waals surface area contributed by atoms with E-state index in [1.54, 1.807) is 4.90 Å². The molecular weight excluding hydrogens is 166 g/mol. The van der Waals surface area contributed by atoms with Crippen molar-refractivity contribution in [3.63, 3.8) is 0 Å². The Kier molecular flexibility index (Phi) is 8.17. The lowest BCUT2D eigenvalue weighted by molar-refractivity contribution is 0.340. The van der Waals surface area contributed by atoms with Crippen molar-refractivity contribution in [2.45, 2.75) is 0 Å². The zero-order valence-electron chi connectivity index (χ0n) is 7.66. The van der Waals surface area contributed by atoms with Gasteiger partial charge in [0, 0.05) is 26.2 Å². The van der Waals surface area contributed by atoms with Gasteiger partial charge in [0.2, 0.25) is 0 Å². The highest BCUT2D eigenvalue weighted by Crippen LogP contribution is 1.83. The summed E-state index contributed by atoms with van der Waals surface area (Å²) in [6, 6.07) is 4.03. The van der Waals surface area contributed by atoms with Crippen LogP contribution in [0.5, 0.6) is 0 Å². The Morgan fingerprint density at radius 3 is 2.23 bits per heavy atom. The minimum absolute atomic E-state index is 0.303. The first kappa shape index (κ1) is 11.9. The summed E-state index contributed by atoms with van der Waals surface area (Å²) in [6.07, 6.45) is 0. The largest absolute Gasteiger partial charge is 0.329 e. The van der Waals surface area contributed by atoms with Crippen molar-refractivity contribution < 1.29 is 0 Å². The van der Waals surface area contributed by atoms with Crippen LogP contribution in [0.3, 0.4) is 0 Å². The minimum Gasteiger partial charge on any atom is -0.329 e. The molecular formula is C8H15N5. The van der Waals surface area contributed by atoms with Gasteiger partial charge in [0.25, 0.3) is 0 Å². The van der Waals surface area contributed by atoms with Crippen LogP contribution in [0, 0.1) is 22.7 Å². The average Bonchev–Trinajstić information content (AvgIpc) is 2.13. The molecule has 0 radical (unpaired) electrons. The molecule has 72 valence electrons. The number of nitriles is 2. The molecule has 0 aliphatic carbocycles. The Hall–Kier alpha value is -1.14. The molecule has 0 rings (SSSR count). The van der Waals surface area contributed by atoms with Gasteiger partial charge in [-0.15, -0.1) is 0 Å². The predicted molar refractivity (Wildman–Crippen MR) is 49.6 cm³/mol. The highest BCUT2D eigenvalue weighted by molar-refractivity contribution is 4.83. The van der Waals surface area contributed by atoms with E-state index >= 15 is 0 Å². The molecule has 0 bridgehead atoms. The smallest absolute Gasteiger partial charge is 0.0874 e. The molecule has 5 nitrogen and oxygen atoms in total. The standard InChI is InChI=1S/C8H15N5/c9-1-4-12-5-8-13(6-2-10)7-3-11/h12H,1,4-9H2. The fraction of sp³-hybridized carbons (Fsp3) is 0.750. The Morgan fingerprint density at radius 1 is 1.15 bits per heavy atom. The van der Waals surface area contributed by atoms with E-state index in [2.05, 4.69) is 5.32 Å². The quantitative estimate of drug-likeness (QED) is 0.384. The monoisotopic (exact) mass is 181 g/mol. The number of hydrogen-bond donors (Lipinski definition) is 2. The summed E-state index contributed by atoms with van der Waals surface area (Å²) in [6.45, 7) is 3.46. The van der Waals surface area contributed by atoms with Gasteiger partial charge in [-0.25, -0.2) is 0 Å². The summed E-state index contributed by atoms with van der Waals surface area (Å²) < 4.78 is 0. The van der Waals surface area contributed by atoms with Gasteiger partial charge in [-0.1, -0.05) is 0 Å². The van der Waals surface area contributed by atoms with Crippen LogP contribution in [0.15, 0.2) is 0 Å². The number of nitrogens with one attached hydrogen (secondary N) is 1. The molecule has 0 spiro atoms. The fourth-order valence-corrected chi connectivity index (χ4v) is 0.878. The molecule has 0 aromatic rings. The summed E-state index contributed by atoms with van der Waals surface area (Å²) in [7, 11) is 0. The first-order valence-corrected chi connectivity index (χ1v) is 4.22. The second-order valence-electron chi connectivity index (χ2n) is 2.57. The maximum Gasteiger partial charge on any atom is 0.0874 e. The van der Waals surface area contributed by atoms with E-state index < -0.39 is 0 Å². The summed E-state index contributed by atoms with van der Waals surface area (Å²) in [5.74, 6) is 0. The topological polar surface area (TPSA) is 88.9 Å². The van der Waals surface area contributed by atoms with Gasteiger partial charge in [-0.2, -0.15) is 10.5 Å². The molecule has 5 heteroatoms. The van der Waals surface area contributed by atoms with E-state index in [0.717, 1.165) is 13.1 Å². The Balaban J connectivity index is 3.47. The van der Waals surface area contributed by atoms with E-state index in [-0.39, 0.29) is 0 Å². The van der Waals surface area contributed by atoms with Crippen molar-refractivity contribution in [2.24, 2.45) is 5.73 Å². The maximum absolute atomic E-state index is 8.42. The Labute approximate surface area is 78.7 Å². The van der Waals surface area contributed by atoms with E-state index in [1.807, 2.05) is 12.1 Å². The highest BCUT2D eigenvalue weighted by atomic mass is 15.1. The van der Waals surface area contributed by atoms with Gasteiger partial charge < -0.3 is 11.1 Å². The lowest BCUT2D eigenvalue weighted by atomic mass is 10.4. The molecule has 0 amide bonds. The fourth-order valence-electron chi connectivity index (χ4n) is 0.878. The minimum atomic E-state index is 0.303. The molecule has 0 heterocycles. The summed E-state index contributed by atoms with van der Waals surface area (Å²) in [5.41, 5.74) is 5.28. The van der Waals surface area contributed by atoms with Crippen LogP contribution in [0.1, 0.15) is 0 Å². The number of hydrogen-bond acceptors (Lipinski definition) is 5. The highest BCUT2D eigenvalue weighted by Gasteiger charge is 2.01. The van der Waals surface area contributed by atoms with Crippen molar-refractivity contribution in [3.05, 3.63) is 0 Å². The number of rotatable bonds is 7. The van der Waals surface area contributed by atoms with Crippen molar-refractivity contribution in [3.8, 4) is 12.1 Å². The van der Waals surface area contributed by atoms with Gasteiger partial charge in [0.15, 0.2) is 0 Å². The van der Waals surface area contributed by atoms with Crippen LogP contribution in [-0.4, -0.2) is 44.2 Å². The zero-order chi connectivity index (χ0) is 9.94. The molecule has 0 aliphatic rings. The summed E-state index contributed by atoms with van der Waals surface area (Å²) >= 11 is 0. The third-order valence-electron chi connectivity index (χ3n) is 1.51. The Morgan fingerprint density at radius 2 is 1.77 bits per heavy atom. The van der Waals surface area contributed by atoms with Crippen LogP contribution < -0.4 is 11.1 Å². The first-order chi connectivity index (χ1) is 6.35. The lowest BCUT2D eigenvalue weighted by Gasteiger charge is -2.14. The normalized spacial score (nSPS) is 9.54. The molecule has 3 N–H and O–H groups in total. The summed E-state index contributed by atoms with van der Waals surface area (Å²) in [4.78, 5) is 1.78. The van der Waals surface area contributed by atoms with Crippen LogP contribution in [-0.2, 0) is 0 Å². The van der Waals surface area contributed by atoms with Crippen LogP contribution in [0.2, 0.25) is 0 Å². The maximum atomic E-state index is 8.42. The van der Waals surface area contributed by atoms with Crippen LogP contribution in [0.4, 0.5) is 0 Å². The average molecular weight is 181 g/mol. The van der Waals surface area contributed by atoms with Gasteiger partial charge >= 0.3 is 0 Å². The number of nitrogens with zero attached hydrogens (tertiary/aromatic N) is 3. The number of nitrogens with two attached hydrogens (primary N) is 1. The lowest BCUT2D eigenvalue weighted by Crippen LogP contribution is -2.34. The van der Waals surface area contributed by atoms with Gasteiger partial charge in [0.05, 0.1) is 25.2 Å². The van der Waals surface area contributed by atoms with Crippen LogP contribution in [0.25, 0.3) is 0 Å². The van der Waals surface area contributed by atoms with E-state index in [0.29, 0.717) is 26.2 Å². The van der Waals surface area contributed by atoms with E-state index in [4.69, 9.17) is 16.3 Å². The zero-order valence-corrected chi connectivity index (χ0v) is 7.66. The van der Waals surface area contributed by atoms with E-state index in [1.165, 1.54) is 0 Å². The third kappa shape index (κ3) is 7.23. The molecule has 0 aromatic heterocycles. The molecule has 0 aromatic carbocycles. The summed E-state index contributed by atoms with van der Waals surface area (Å²) in [5, 5.41) is 19.9. The van der Waals surface area contributed by atoms with Crippen molar-refractivity contribution in [1.29, 1.82) is 10.5 Å². The molecule has 0 atom stereocenters. The van der Waals surface area contributed by atoms with E-state index in [9.17, 15) is 0 Å². The first-order valence-electron chi connectivity index (χ1n) is 4.22. The third-order valence-corrected chi connectivity index (χ3v) is 1.51. The van der Waals surface area contributed by atoms with Crippen molar-refractivity contribution in [2.75, 3.05) is 39.3 Å². The molecule has 13 heavy (non-hydrogen) atoms. The van der Waals surface area contributed by atoms with Crippen molar-refractivity contribution >= 4 is 0 Å². The van der Waals surface area contributed by atoms with Gasteiger partial charge in [-0.3, -0.25) is 4.90 Å². The molecule has 0 saturated heterocycles. The van der Waals surface area contributed by atoms with Crippen LogP contribution >= 0.6 is 0 Å².